The predicted octanol–water partition coefficient (Wildman–Crippen LogP) is 1.39. The van der Waals surface area contributed by atoms with Crippen molar-refractivity contribution in [3.8, 4) is 5.75 Å². The van der Waals surface area contributed by atoms with Crippen LogP contribution in [-0.2, 0) is 0 Å². The summed E-state index contributed by atoms with van der Waals surface area (Å²) in [7, 11) is 0. The van der Waals surface area contributed by atoms with E-state index in [-0.39, 0.29) is 0 Å². The molecule has 1 aliphatic rings. The van der Waals surface area contributed by atoms with E-state index in [4.69, 9.17) is 0 Å². The molecule has 4 heteroatoms. The average molecular weight is 238 g/mol. The van der Waals surface area contributed by atoms with Gasteiger partial charge in [-0.05, 0) is 18.2 Å². The molecule has 0 amide bonds. The quantitative estimate of drug-likeness (QED) is 0.777. The van der Waals surface area contributed by atoms with Crippen LogP contribution in [0, 0.1) is 0 Å². The summed E-state index contributed by atoms with van der Waals surface area (Å²) in [5.41, 5.74) is 0. The van der Waals surface area contributed by atoms with E-state index in [1.165, 1.54) is 0 Å². The van der Waals surface area contributed by atoms with Crippen molar-refractivity contribution in [2.24, 2.45) is 0 Å². The largest absolute Gasteiger partial charge is 0.508 e. The van der Waals surface area contributed by atoms with Gasteiger partial charge in [0.2, 0.25) is 0 Å². The van der Waals surface area contributed by atoms with E-state index in [0.29, 0.717) is 5.75 Å². The van der Waals surface area contributed by atoms with Gasteiger partial charge in [-0.3, -0.25) is 4.90 Å². The van der Waals surface area contributed by atoms with E-state index < -0.39 is 0 Å². The highest BCUT2D eigenvalue weighted by Gasteiger charge is 2.08. The highest BCUT2D eigenvalue weighted by Crippen LogP contribution is 2.21. The number of benzene rings is 1. The summed E-state index contributed by atoms with van der Waals surface area (Å²) < 4.78 is 0. The number of rotatable bonds is 4. The lowest BCUT2D eigenvalue weighted by molar-refractivity contribution is 0.255. The molecule has 1 aromatic carbocycles. The number of hydrogen-bond donors (Lipinski definition) is 2. The fourth-order valence-electron chi connectivity index (χ4n) is 1.80. The second kappa shape index (κ2) is 6.13. The summed E-state index contributed by atoms with van der Waals surface area (Å²) in [6.45, 7) is 5.65. The Morgan fingerprint density at radius 1 is 1.31 bits per heavy atom. The molecule has 0 unspecified atom stereocenters. The van der Waals surface area contributed by atoms with Crippen LogP contribution in [0.1, 0.15) is 0 Å². The Bertz CT molecular complexity index is 327. The van der Waals surface area contributed by atoms with Crippen molar-refractivity contribution in [1.29, 1.82) is 0 Å². The SMILES string of the molecule is Oc1cccc(SCCN2CCNCC2)c1. The topological polar surface area (TPSA) is 35.5 Å². The van der Waals surface area contributed by atoms with Gasteiger partial charge in [-0.2, -0.15) is 0 Å². The Kier molecular flexibility index (Phi) is 4.51. The number of hydrogen-bond acceptors (Lipinski definition) is 4. The molecule has 0 aromatic heterocycles. The molecule has 2 rings (SSSR count). The summed E-state index contributed by atoms with van der Waals surface area (Å²) in [6, 6.07) is 7.47. The average Bonchev–Trinajstić information content (AvgIpc) is 2.30. The second-order valence-electron chi connectivity index (χ2n) is 3.94. The molecule has 3 nitrogen and oxygen atoms in total. The Labute approximate surface area is 101 Å². The van der Waals surface area contributed by atoms with Gasteiger partial charge in [0, 0.05) is 43.4 Å². The zero-order valence-corrected chi connectivity index (χ0v) is 10.2. The summed E-state index contributed by atoms with van der Waals surface area (Å²) in [5.74, 6) is 1.44. The van der Waals surface area contributed by atoms with Gasteiger partial charge in [0.15, 0.2) is 0 Å². The van der Waals surface area contributed by atoms with Gasteiger partial charge in [0.1, 0.15) is 5.75 Å². The summed E-state index contributed by atoms with van der Waals surface area (Å²) in [5, 5.41) is 12.7. The molecule has 0 aliphatic carbocycles. The molecule has 0 radical (unpaired) electrons. The molecule has 0 spiro atoms. The lowest BCUT2D eigenvalue weighted by Crippen LogP contribution is -2.44. The molecular weight excluding hydrogens is 220 g/mol. The molecule has 0 atom stereocenters. The van der Waals surface area contributed by atoms with E-state index in [2.05, 4.69) is 10.2 Å². The summed E-state index contributed by atoms with van der Waals surface area (Å²) in [6.07, 6.45) is 0. The molecule has 0 saturated carbocycles. The molecule has 1 aliphatic heterocycles. The van der Waals surface area contributed by atoms with E-state index in [9.17, 15) is 5.11 Å². The lowest BCUT2D eigenvalue weighted by Gasteiger charge is -2.26. The van der Waals surface area contributed by atoms with E-state index in [1.807, 2.05) is 18.2 Å². The van der Waals surface area contributed by atoms with Crippen LogP contribution in [0.25, 0.3) is 0 Å². The minimum Gasteiger partial charge on any atom is -0.508 e. The minimum atomic E-state index is 0.354. The van der Waals surface area contributed by atoms with Gasteiger partial charge in [-0.15, -0.1) is 11.8 Å². The first kappa shape index (κ1) is 11.8. The first-order chi connectivity index (χ1) is 7.84. The van der Waals surface area contributed by atoms with Crippen LogP contribution in [0.4, 0.5) is 0 Å². The van der Waals surface area contributed by atoms with Crippen LogP contribution in [-0.4, -0.2) is 48.5 Å². The second-order valence-corrected chi connectivity index (χ2v) is 5.11. The smallest absolute Gasteiger partial charge is 0.116 e. The van der Waals surface area contributed by atoms with Crippen LogP contribution in [0.15, 0.2) is 29.2 Å². The standard InChI is InChI=1S/C12H18N2OS/c15-11-2-1-3-12(10-11)16-9-8-14-6-4-13-5-7-14/h1-3,10,13,15H,4-9H2. The molecule has 1 heterocycles. The number of phenolic OH excluding ortho intramolecular Hbond substituents is 1. The Hall–Kier alpha value is -0.710. The predicted molar refractivity (Wildman–Crippen MR) is 68.1 cm³/mol. The van der Waals surface area contributed by atoms with Crippen LogP contribution in [0.2, 0.25) is 0 Å². The normalized spacial score (nSPS) is 17.5. The van der Waals surface area contributed by atoms with Gasteiger partial charge >= 0.3 is 0 Å². The maximum atomic E-state index is 9.33. The Balaban J connectivity index is 1.71. The van der Waals surface area contributed by atoms with Crippen LogP contribution < -0.4 is 5.32 Å². The monoisotopic (exact) mass is 238 g/mol. The fraction of sp³-hybridized carbons (Fsp3) is 0.500. The third kappa shape index (κ3) is 3.70. The van der Waals surface area contributed by atoms with Gasteiger partial charge in [0.05, 0.1) is 0 Å². The Morgan fingerprint density at radius 3 is 2.88 bits per heavy atom. The first-order valence-corrected chi connectivity index (χ1v) is 6.68. The maximum absolute atomic E-state index is 9.33. The van der Waals surface area contributed by atoms with E-state index in [1.54, 1.807) is 17.8 Å². The lowest BCUT2D eigenvalue weighted by atomic mass is 10.3. The molecule has 0 bridgehead atoms. The molecule has 1 aromatic rings. The third-order valence-electron chi connectivity index (χ3n) is 2.70. The molecule has 1 fully saturated rings. The van der Waals surface area contributed by atoms with Crippen molar-refractivity contribution in [3.63, 3.8) is 0 Å². The summed E-state index contributed by atoms with van der Waals surface area (Å²) >= 11 is 1.81. The zero-order chi connectivity index (χ0) is 11.2. The van der Waals surface area contributed by atoms with E-state index >= 15 is 0 Å². The minimum absolute atomic E-state index is 0.354. The first-order valence-electron chi connectivity index (χ1n) is 5.69. The number of piperazine rings is 1. The number of nitrogens with one attached hydrogen (secondary N) is 1. The molecule has 88 valence electrons. The fourth-order valence-corrected chi connectivity index (χ4v) is 2.76. The van der Waals surface area contributed by atoms with Crippen molar-refractivity contribution in [2.45, 2.75) is 4.90 Å². The van der Waals surface area contributed by atoms with Gasteiger partial charge < -0.3 is 10.4 Å². The molecule has 1 saturated heterocycles. The van der Waals surface area contributed by atoms with E-state index in [0.717, 1.165) is 43.4 Å². The van der Waals surface area contributed by atoms with Crippen molar-refractivity contribution >= 4 is 11.8 Å². The zero-order valence-electron chi connectivity index (χ0n) is 9.35. The highest BCUT2D eigenvalue weighted by atomic mass is 32.2. The highest BCUT2D eigenvalue weighted by molar-refractivity contribution is 7.99. The van der Waals surface area contributed by atoms with Crippen LogP contribution in [0.3, 0.4) is 0 Å². The van der Waals surface area contributed by atoms with Gasteiger partial charge in [0.25, 0.3) is 0 Å². The van der Waals surface area contributed by atoms with Crippen molar-refractivity contribution in [2.75, 3.05) is 38.5 Å². The Morgan fingerprint density at radius 2 is 2.12 bits per heavy atom. The van der Waals surface area contributed by atoms with Gasteiger partial charge in [-0.25, -0.2) is 0 Å². The molecular formula is C12H18N2OS. The summed E-state index contributed by atoms with van der Waals surface area (Å²) in [4.78, 5) is 3.63. The number of thioether (sulfide) groups is 1. The van der Waals surface area contributed by atoms with Crippen molar-refractivity contribution in [3.05, 3.63) is 24.3 Å². The number of nitrogens with zero attached hydrogens (tertiary/aromatic N) is 1. The van der Waals surface area contributed by atoms with Crippen LogP contribution >= 0.6 is 11.8 Å². The maximum Gasteiger partial charge on any atom is 0.116 e. The number of aromatic hydroxyl groups is 1. The van der Waals surface area contributed by atoms with Crippen molar-refractivity contribution in [1.82, 2.24) is 10.2 Å². The van der Waals surface area contributed by atoms with Gasteiger partial charge in [-0.1, -0.05) is 6.07 Å². The number of phenols is 1. The molecule has 16 heavy (non-hydrogen) atoms. The van der Waals surface area contributed by atoms with Crippen LogP contribution in [0.5, 0.6) is 5.75 Å². The van der Waals surface area contributed by atoms with Crippen molar-refractivity contribution < 1.29 is 5.11 Å². The third-order valence-corrected chi connectivity index (χ3v) is 3.68. The molecule has 2 N–H and O–H groups in total.